The lowest BCUT2D eigenvalue weighted by molar-refractivity contribution is 0.631. The maximum atomic E-state index is 13.7. The fourth-order valence-corrected chi connectivity index (χ4v) is 2.49. The molecule has 0 radical (unpaired) electrons. The van der Waals surface area contributed by atoms with Crippen LogP contribution >= 0.6 is 22.9 Å². The Kier molecular flexibility index (Phi) is 4.10. The summed E-state index contributed by atoms with van der Waals surface area (Å²) in [7, 11) is 0. The van der Waals surface area contributed by atoms with Crippen molar-refractivity contribution in [2.45, 2.75) is 13.5 Å². The van der Waals surface area contributed by atoms with Crippen molar-refractivity contribution in [2.24, 2.45) is 0 Å². The molecule has 0 saturated heterocycles. The number of hydrogen-bond donors (Lipinski definition) is 1. The maximum Gasteiger partial charge on any atom is 0.134 e. The minimum absolute atomic E-state index is 0.332. The minimum Gasteiger partial charge on any atom is -0.312 e. The van der Waals surface area contributed by atoms with Crippen molar-refractivity contribution in [1.29, 1.82) is 0 Å². The molecule has 0 aliphatic heterocycles. The lowest BCUT2D eigenvalue weighted by atomic mass is 10.2. The van der Waals surface area contributed by atoms with E-state index in [1.54, 1.807) is 18.3 Å². The molecule has 5 heteroatoms. The smallest absolute Gasteiger partial charge is 0.134 e. The van der Waals surface area contributed by atoms with E-state index in [9.17, 15) is 4.39 Å². The Bertz CT molecular complexity index is 513. The topological polar surface area (TPSA) is 24.9 Å². The van der Waals surface area contributed by atoms with E-state index in [-0.39, 0.29) is 5.82 Å². The SMILES string of the molecule is CCNCc1cnc(-c2ccc(Cl)cc2F)s1. The number of nitrogens with one attached hydrogen (secondary N) is 1. The monoisotopic (exact) mass is 270 g/mol. The zero-order valence-electron chi connectivity index (χ0n) is 9.34. The Hall–Kier alpha value is -0.970. The van der Waals surface area contributed by atoms with Gasteiger partial charge in [0, 0.05) is 28.2 Å². The normalized spacial score (nSPS) is 10.8. The van der Waals surface area contributed by atoms with Crippen molar-refractivity contribution in [2.75, 3.05) is 6.54 Å². The van der Waals surface area contributed by atoms with Crippen molar-refractivity contribution >= 4 is 22.9 Å². The molecule has 0 unspecified atom stereocenters. The summed E-state index contributed by atoms with van der Waals surface area (Å²) in [5, 5.41) is 4.29. The Morgan fingerprint density at radius 1 is 1.47 bits per heavy atom. The number of hydrogen-bond acceptors (Lipinski definition) is 3. The maximum absolute atomic E-state index is 13.7. The summed E-state index contributed by atoms with van der Waals surface area (Å²) in [6.45, 7) is 3.72. The van der Waals surface area contributed by atoms with E-state index in [1.165, 1.54) is 17.4 Å². The predicted octanol–water partition coefficient (Wildman–Crippen LogP) is 3.71. The molecule has 1 N–H and O–H groups in total. The Morgan fingerprint density at radius 3 is 3.00 bits per heavy atom. The number of nitrogens with zero attached hydrogens (tertiary/aromatic N) is 1. The minimum atomic E-state index is -0.332. The van der Waals surface area contributed by atoms with Crippen molar-refractivity contribution in [3.05, 3.63) is 40.1 Å². The molecule has 0 spiro atoms. The summed E-state index contributed by atoms with van der Waals surface area (Å²) < 4.78 is 13.7. The third-order valence-electron chi connectivity index (χ3n) is 2.26. The van der Waals surface area contributed by atoms with Gasteiger partial charge in [0.25, 0.3) is 0 Å². The van der Waals surface area contributed by atoms with Crippen molar-refractivity contribution in [1.82, 2.24) is 10.3 Å². The second kappa shape index (κ2) is 5.58. The van der Waals surface area contributed by atoms with Crippen LogP contribution in [0.5, 0.6) is 0 Å². The number of rotatable bonds is 4. The van der Waals surface area contributed by atoms with Crippen LogP contribution in [0.3, 0.4) is 0 Å². The van der Waals surface area contributed by atoms with Gasteiger partial charge in [0.1, 0.15) is 10.8 Å². The van der Waals surface area contributed by atoms with Gasteiger partial charge in [-0.25, -0.2) is 9.37 Å². The van der Waals surface area contributed by atoms with Crippen LogP contribution in [0.25, 0.3) is 10.6 Å². The van der Waals surface area contributed by atoms with Crippen molar-refractivity contribution < 1.29 is 4.39 Å². The Morgan fingerprint density at radius 2 is 2.29 bits per heavy atom. The molecule has 0 aliphatic carbocycles. The van der Waals surface area contributed by atoms with Gasteiger partial charge >= 0.3 is 0 Å². The molecule has 0 atom stereocenters. The van der Waals surface area contributed by atoms with Crippen LogP contribution in [0.1, 0.15) is 11.8 Å². The van der Waals surface area contributed by atoms with Gasteiger partial charge in [-0.05, 0) is 24.7 Å². The largest absolute Gasteiger partial charge is 0.312 e. The molecule has 2 nitrogen and oxygen atoms in total. The second-order valence-corrected chi connectivity index (χ2v) is 5.09. The lowest BCUT2D eigenvalue weighted by Crippen LogP contribution is -2.10. The Balaban J connectivity index is 2.24. The first-order chi connectivity index (χ1) is 8.20. The summed E-state index contributed by atoms with van der Waals surface area (Å²) in [6.07, 6.45) is 1.77. The molecule has 1 heterocycles. The zero-order chi connectivity index (χ0) is 12.3. The number of aromatic nitrogens is 1. The first kappa shape index (κ1) is 12.5. The molecule has 1 aromatic carbocycles. The van der Waals surface area contributed by atoms with Crippen LogP contribution in [0.15, 0.2) is 24.4 Å². The van der Waals surface area contributed by atoms with Gasteiger partial charge in [-0.15, -0.1) is 11.3 Å². The van der Waals surface area contributed by atoms with Crippen molar-refractivity contribution in [3.8, 4) is 10.6 Å². The van der Waals surface area contributed by atoms with Gasteiger partial charge in [0.15, 0.2) is 0 Å². The summed E-state index contributed by atoms with van der Waals surface area (Å²) in [5.74, 6) is -0.332. The first-order valence-corrected chi connectivity index (χ1v) is 6.51. The molecule has 2 aromatic rings. The van der Waals surface area contributed by atoms with Crippen LogP contribution in [0, 0.1) is 5.82 Å². The average molecular weight is 271 g/mol. The zero-order valence-corrected chi connectivity index (χ0v) is 10.9. The molecule has 0 fully saturated rings. The standard InChI is InChI=1S/C12H12ClFN2S/c1-2-15-6-9-7-16-12(17-9)10-4-3-8(13)5-11(10)14/h3-5,7,15H,2,6H2,1H3. The highest BCUT2D eigenvalue weighted by Gasteiger charge is 2.09. The van der Waals surface area contributed by atoms with Gasteiger partial charge in [-0.1, -0.05) is 18.5 Å². The summed E-state index contributed by atoms with van der Waals surface area (Å²) in [4.78, 5) is 5.32. The molecule has 0 amide bonds. The molecule has 2 rings (SSSR count). The highest BCUT2D eigenvalue weighted by atomic mass is 35.5. The molecule has 0 bridgehead atoms. The molecule has 0 aliphatic rings. The van der Waals surface area contributed by atoms with Crippen LogP contribution in [-0.2, 0) is 6.54 Å². The lowest BCUT2D eigenvalue weighted by Gasteiger charge is -1.99. The van der Waals surface area contributed by atoms with E-state index >= 15 is 0 Å². The molecular weight excluding hydrogens is 259 g/mol. The van der Waals surface area contributed by atoms with E-state index < -0.39 is 0 Å². The van der Waals surface area contributed by atoms with Gasteiger partial charge < -0.3 is 5.32 Å². The molecule has 17 heavy (non-hydrogen) atoms. The van der Waals surface area contributed by atoms with Gasteiger partial charge in [-0.3, -0.25) is 0 Å². The van der Waals surface area contributed by atoms with Gasteiger partial charge in [0.05, 0.1) is 0 Å². The molecule has 90 valence electrons. The molecule has 0 saturated carbocycles. The Labute approximate surface area is 108 Å². The van der Waals surface area contributed by atoms with E-state index in [0.717, 1.165) is 18.0 Å². The average Bonchev–Trinajstić information content (AvgIpc) is 2.75. The highest BCUT2D eigenvalue weighted by Crippen LogP contribution is 2.28. The van der Waals surface area contributed by atoms with Gasteiger partial charge in [-0.2, -0.15) is 0 Å². The number of thiazole rings is 1. The third-order valence-corrected chi connectivity index (χ3v) is 3.53. The van der Waals surface area contributed by atoms with E-state index in [0.29, 0.717) is 15.6 Å². The quantitative estimate of drug-likeness (QED) is 0.916. The van der Waals surface area contributed by atoms with E-state index in [2.05, 4.69) is 10.3 Å². The molecule has 1 aromatic heterocycles. The summed E-state index contributed by atoms with van der Waals surface area (Å²) in [6, 6.07) is 4.64. The van der Waals surface area contributed by atoms with Crippen LogP contribution in [0.4, 0.5) is 4.39 Å². The van der Waals surface area contributed by atoms with Crippen LogP contribution in [0.2, 0.25) is 5.02 Å². The van der Waals surface area contributed by atoms with Crippen LogP contribution in [-0.4, -0.2) is 11.5 Å². The third kappa shape index (κ3) is 3.03. The number of benzene rings is 1. The fraction of sp³-hybridized carbons (Fsp3) is 0.250. The fourth-order valence-electron chi connectivity index (χ4n) is 1.42. The van der Waals surface area contributed by atoms with Crippen LogP contribution < -0.4 is 5.32 Å². The summed E-state index contributed by atoms with van der Waals surface area (Å²) >= 11 is 7.20. The first-order valence-electron chi connectivity index (χ1n) is 5.31. The summed E-state index contributed by atoms with van der Waals surface area (Å²) in [5.41, 5.74) is 0.502. The van der Waals surface area contributed by atoms with E-state index in [1.807, 2.05) is 6.92 Å². The van der Waals surface area contributed by atoms with Gasteiger partial charge in [0.2, 0.25) is 0 Å². The van der Waals surface area contributed by atoms with Crippen molar-refractivity contribution in [3.63, 3.8) is 0 Å². The van der Waals surface area contributed by atoms with E-state index in [4.69, 9.17) is 11.6 Å². The number of halogens is 2. The molecular formula is C12H12ClFN2S. The highest BCUT2D eigenvalue weighted by molar-refractivity contribution is 7.15. The second-order valence-electron chi connectivity index (χ2n) is 3.54. The predicted molar refractivity (Wildman–Crippen MR) is 69.9 cm³/mol.